The monoisotopic (exact) mass is 1040 g/mol. The van der Waals surface area contributed by atoms with Gasteiger partial charge in [0.1, 0.15) is 24.5 Å². The Balaban J connectivity index is 0.786. The number of fused-ring (bicyclic) bond motifs is 1. The van der Waals surface area contributed by atoms with E-state index in [2.05, 4.69) is 46.5 Å². The minimum Gasteiger partial charge on any atom is -0.391 e. The van der Waals surface area contributed by atoms with Crippen LogP contribution in [0.1, 0.15) is 62.7 Å². The number of nitrogens with zero attached hydrogens (tertiary/aromatic N) is 5. The highest BCUT2D eigenvalue weighted by Crippen LogP contribution is 2.33. The minimum absolute atomic E-state index is 0.0221. The van der Waals surface area contributed by atoms with Gasteiger partial charge in [-0.25, -0.2) is 24.1 Å². The van der Waals surface area contributed by atoms with Crippen molar-refractivity contribution in [2.45, 2.75) is 79.1 Å². The van der Waals surface area contributed by atoms with Crippen molar-refractivity contribution in [3.05, 3.63) is 82.5 Å². The molecule has 6 rings (SSSR count). The minimum atomic E-state index is -0.988. The van der Waals surface area contributed by atoms with E-state index in [-0.39, 0.29) is 63.6 Å². The van der Waals surface area contributed by atoms with Crippen molar-refractivity contribution >= 4 is 57.8 Å². The molecule has 6 N–H and O–H groups in total. The van der Waals surface area contributed by atoms with Gasteiger partial charge in [-0.1, -0.05) is 45.0 Å². The van der Waals surface area contributed by atoms with Crippen molar-refractivity contribution in [1.29, 1.82) is 0 Å². The van der Waals surface area contributed by atoms with Crippen LogP contribution in [0.2, 0.25) is 0 Å². The van der Waals surface area contributed by atoms with Gasteiger partial charge in [0.25, 0.3) is 0 Å². The number of aliphatic hydroxyl groups excluding tert-OH is 1. The molecule has 1 aliphatic heterocycles. The molecular formula is C52H69FN10O10S. The highest BCUT2D eigenvalue weighted by Gasteiger charge is 2.44. The fraction of sp³-hybridized carbons (Fsp3) is 0.500. The zero-order valence-corrected chi connectivity index (χ0v) is 44.2. The average molecular weight is 1050 g/mol. The topological polar surface area (TPSA) is 250 Å². The molecule has 0 aliphatic carbocycles. The Morgan fingerprint density at radius 2 is 1.49 bits per heavy atom. The summed E-state index contributed by atoms with van der Waals surface area (Å²) in [6.45, 7) is 15.2. The SMILES string of the molecule is CNc1ncc2cc(-c3cc(NC(=O)NCCOCCOCCOCCOCCOCC(=O)N[C@@H](C(=O)N4C[C@H](O)C[C@H]4C(=O)N[C@@H](C)c4ccc(-c5scnc5C)cc4)C(C)(C)C)c(F)cc3C)c(C)nc2n1. The van der Waals surface area contributed by atoms with Gasteiger partial charge in [0.15, 0.2) is 5.65 Å². The lowest BCUT2D eigenvalue weighted by Crippen LogP contribution is -2.58. The molecule has 4 atom stereocenters. The van der Waals surface area contributed by atoms with E-state index in [0.29, 0.717) is 68.1 Å². The van der Waals surface area contributed by atoms with Crippen LogP contribution in [0.5, 0.6) is 0 Å². The summed E-state index contributed by atoms with van der Waals surface area (Å²) < 4.78 is 42.6. The molecular weight excluding hydrogens is 976 g/mol. The van der Waals surface area contributed by atoms with E-state index >= 15 is 0 Å². The third kappa shape index (κ3) is 16.1. The Labute approximate surface area is 434 Å². The van der Waals surface area contributed by atoms with E-state index in [1.54, 1.807) is 37.6 Å². The second-order valence-electron chi connectivity index (χ2n) is 18.9. The van der Waals surface area contributed by atoms with E-state index in [9.17, 15) is 28.7 Å². The quantitative estimate of drug-likeness (QED) is 0.0375. The first-order chi connectivity index (χ1) is 35.4. The van der Waals surface area contributed by atoms with Crippen LogP contribution >= 0.6 is 11.3 Å². The maximum atomic E-state index is 14.9. The van der Waals surface area contributed by atoms with Gasteiger partial charge in [0.2, 0.25) is 23.7 Å². The molecule has 74 heavy (non-hydrogen) atoms. The Kier molecular flexibility index (Phi) is 21.0. The fourth-order valence-electron chi connectivity index (χ4n) is 8.17. The number of hydrogen-bond donors (Lipinski definition) is 6. The van der Waals surface area contributed by atoms with Crippen LogP contribution < -0.4 is 26.6 Å². The second kappa shape index (κ2) is 27.3. The number of anilines is 2. The van der Waals surface area contributed by atoms with Crippen molar-refractivity contribution in [2.75, 3.05) is 96.8 Å². The summed E-state index contributed by atoms with van der Waals surface area (Å²) in [6.07, 6.45) is 0.853. The second-order valence-corrected chi connectivity index (χ2v) is 19.7. The van der Waals surface area contributed by atoms with E-state index in [4.69, 9.17) is 23.7 Å². The Hall–Kier alpha value is -6.27. The number of halogens is 1. The van der Waals surface area contributed by atoms with Gasteiger partial charge in [-0.15, -0.1) is 11.3 Å². The maximum absolute atomic E-state index is 14.9. The van der Waals surface area contributed by atoms with Crippen molar-refractivity contribution in [1.82, 2.24) is 40.8 Å². The van der Waals surface area contributed by atoms with Crippen LogP contribution in [0, 0.1) is 32.0 Å². The molecule has 5 amide bonds. The zero-order valence-electron chi connectivity index (χ0n) is 43.3. The predicted octanol–water partition coefficient (Wildman–Crippen LogP) is 5.50. The fourth-order valence-corrected chi connectivity index (χ4v) is 8.98. The number of carbonyl (C=O) groups is 4. The smallest absolute Gasteiger partial charge is 0.319 e. The van der Waals surface area contributed by atoms with Crippen LogP contribution in [0.4, 0.5) is 20.8 Å². The molecule has 1 fully saturated rings. The molecule has 0 bridgehead atoms. The number of β-amino-alcohol motifs (C(OH)–C–C–N with tert-alkyl or cyclic N) is 1. The third-order valence-corrected chi connectivity index (χ3v) is 13.1. The molecule has 1 aliphatic rings. The number of aliphatic hydroxyl groups is 1. The molecule has 0 radical (unpaired) electrons. The number of urea groups is 1. The molecule has 0 saturated carbocycles. The van der Waals surface area contributed by atoms with Crippen LogP contribution in [0.15, 0.2) is 54.2 Å². The van der Waals surface area contributed by atoms with E-state index < -0.39 is 47.3 Å². The summed E-state index contributed by atoms with van der Waals surface area (Å²) >= 11 is 1.57. The lowest BCUT2D eigenvalue weighted by Gasteiger charge is -2.35. The normalized spacial score (nSPS) is 15.5. The van der Waals surface area contributed by atoms with E-state index in [0.717, 1.165) is 32.6 Å². The molecule has 0 spiro atoms. The molecule has 4 heterocycles. The Bertz CT molecular complexity index is 2690. The number of benzene rings is 2. The number of aryl methyl sites for hydroxylation is 3. The van der Waals surface area contributed by atoms with Gasteiger partial charge in [0.05, 0.1) is 93.4 Å². The number of carbonyl (C=O) groups excluding carboxylic acids is 4. The van der Waals surface area contributed by atoms with Crippen LogP contribution in [0.3, 0.4) is 0 Å². The Morgan fingerprint density at radius 3 is 2.11 bits per heavy atom. The third-order valence-electron chi connectivity index (χ3n) is 12.1. The zero-order chi connectivity index (χ0) is 53.4. The number of amides is 5. The van der Waals surface area contributed by atoms with Gasteiger partial charge in [-0.2, -0.15) is 4.98 Å². The lowest BCUT2D eigenvalue weighted by molar-refractivity contribution is -0.144. The van der Waals surface area contributed by atoms with Crippen molar-refractivity contribution in [3.63, 3.8) is 0 Å². The molecule has 1 saturated heterocycles. The summed E-state index contributed by atoms with van der Waals surface area (Å²) in [4.78, 5) is 73.2. The molecule has 3 aromatic heterocycles. The van der Waals surface area contributed by atoms with Gasteiger partial charge >= 0.3 is 6.03 Å². The van der Waals surface area contributed by atoms with Gasteiger partial charge in [0, 0.05) is 49.4 Å². The van der Waals surface area contributed by atoms with Crippen LogP contribution in [0.25, 0.3) is 32.6 Å². The molecule has 20 nitrogen and oxygen atoms in total. The average Bonchev–Trinajstić information content (AvgIpc) is 3.99. The number of aromatic nitrogens is 4. The summed E-state index contributed by atoms with van der Waals surface area (Å²) in [5, 5.41) is 25.3. The number of nitrogens with one attached hydrogen (secondary N) is 5. The molecule has 2 aromatic carbocycles. The van der Waals surface area contributed by atoms with Gasteiger partial charge < -0.3 is 60.3 Å². The molecule has 0 unspecified atom stereocenters. The summed E-state index contributed by atoms with van der Waals surface area (Å²) in [5.74, 6) is -1.47. The van der Waals surface area contributed by atoms with Crippen molar-refractivity contribution in [3.8, 4) is 21.6 Å². The van der Waals surface area contributed by atoms with Gasteiger partial charge in [-0.05, 0) is 73.6 Å². The largest absolute Gasteiger partial charge is 0.391 e. The summed E-state index contributed by atoms with van der Waals surface area (Å²) in [5.41, 5.74) is 7.38. The first kappa shape index (κ1) is 57.0. The molecule has 22 heteroatoms. The standard InChI is InChI=1S/C52H69FN10O10S/c1-31-23-41(53)42(26-39(31)40-24-37-27-56-50(54-8)62-47(37)58-33(40)3)60-51(68)55-13-14-69-15-16-70-17-18-71-19-20-72-21-22-73-29-44(65)61-46(52(5,6)7)49(67)63-28-38(64)25-43(63)48(66)59-32(2)35-9-11-36(12-10-35)45-34(4)57-30-74-45/h9-12,23-24,26-27,30,32,38,43,46,64H,13-22,25,28-29H2,1-8H3,(H,59,66)(H,61,65)(H2,55,60,68)(H,54,56,58,62)/t32-,38+,43-,46-/m0/s1. The first-order valence-corrected chi connectivity index (χ1v) is 25.5. The summed E-state index contributed by atoms with van der Waals surface area (Å²) in [7, 11) is 1.73. The maximum Gasteiger partial charge on any atom is 0.319 e. The highest BCUT2D eigenvalue weighted by molar-refractivity contribution is 7.13. The number of pyridine rings is 1. The number of thiazole rings is 1. The van der Waals surface area contributed by atoms with E-state index in [1.165, 1.54) is 11.0 Å². The molecule has 400 valence electrons. The number of ether oxygens (including phenoxy) is 5. The number of hydrogen-bond acceptors (Lipinski definition) is 16. The van der Waals surface area contributed by atoms with Crippen LogP contribution in [-0.4, -0.2) is 158 Å². The lowest BCUT2D eigenvalue weighted by atomic mass is 9.85. The van der Waals surface area contributed by atoms with Crippen molar-refractivity contribution < 1.29 is 52.4 Å². The molecule has 5 aromatic rings. The predicted molar refractivity (Wildman–Crippen MR) is 279 cm³/mol. The van der Waals surface area contributed by atoms with Crippen LogP contribution in [-0.2, 0) is 38.1 Å². The van der Waals surface area contributed by atoms with Crippen molar-refractivity contribution in [2.24, 2.45) is 5.41 Å². The Morgan fingerprint density at radius 1 is 0.838 bits per heavy atom. The number of likely N-dealkylation sites (tertiary alicyclic amines) is 1. The van der Waals surface area contributed by atoms with E-state index in [1.807, 2.05) is 77.4 Å². The van der Waals surface area contributed by atoms with Gasteiger partial charge in [-0.3, -0.25) is 14.4 Å². The summed E-state index contributed by atoms with van der Waals surface area (Å²) in [6, 6.07) is 9.90. The highest BCUT2D eigenvalue weighted by atomic mass is 32.1. The number of rotatable bonds is 26. The first-order valence-electron chi connectivity index (χ1n) is 24.6.